The fraction of sp³-hybridized carbons (Fsp3) is 0.474. The van der Waals surface area contributed by atoms with Crippen LogP contribution in [0, 0.1) is 5.92 Å². The Bertz CT molecular complexity index is 626. The van der Waals surface area contributed by atoms with Crippen LogP contribution in [-0.2, 0) is 13.1 Å². The molecule has 6 nitrogen and oxygen atoms in total. The molecule has 0 aliphatic rings. The van der Waals surface area contributed by atoms with E-state index in [9.17, 15) is 0 Å². The molecule has 1 aromatic carbocycles. The molecule has 144 valence electrons. The van der Waals surface area contributed by atoms with Crippen LogP contribution in [0.1, 0.15) is 25.8 Å². The normalized spacial score (nSPS) is 11.2. The van der Waals surface area contributed by atoms with Crippen molar-refractivity contribution < 1.29 is 4.74 Å². The minimum absolute atomic E-state index is 0. The zero-order valence-corrected chi connectivity index (χ0v) is 18.1. The van der Waals surface area contributed by atoms with E-state index in [1.54, 1.807) is 13.2 Å². The fourth-order valence-electron chi connectivity index (χ4n) is 2.25. The van der Waals surface area contributed by atoms with Gasteiger partial charge in [-0.05, 0) is 36.1 Å². The van der Waals surface area contributed by atoms with Crippen molar-refractivity contribution in [1.29, 1.82) is 0 Å². The molecule has 2 aromatic rings. The summed E-state index contributed by atoms with van der Waals surface area (Å²) in [6.45, 7) is 7.50. The van der Waals surface area contributed by atoms with E-state index in [-0.39, 0.29) is 24.0 Å². The number of aryl methyl sites for hydroxylation is 1. The topological polar surface area (TPSA) is 63.5 Å². The highest BCUT2D eigenvalue weighted by molar-refractivity contribution is 14.0. The summed E-state index contributed by atoms with van der Waals surface area (Å²) in [6, 6.07) is 10.1. The van der Waals surface area contributed by atoms with Crippen LogP contribution in [0.2, 0.25) is 0 Å². The summed E-state index contributed by atoms with van der Waals surface area (Å²) in [5.41, 5.74) is 1.19. The molecule has 0 saturated heterocycles. The highest BCUT2D eigenvalue weighted by Gasteiger charge is 2.00. The molecule has 0 bridgehead atoms. The minimum atomic E-state index is 0. The fourth-order valence-corrected chi connectivity index (χ4v) is 2.25. The highest BCUT2D eigenvalue weighted by atomic mass is 127. The van der Waals surface area contributed by atoms with Crippen molar-refractivity contribution in [2.45, 2.75) is 33.4 Å². The van der Waals surface area contributed by atoms with Crippen molar-refractivity contribution in [1.82, 2.24) is 20.4 Å². The van der Waals surface area contributed by atoms with Crippen LogP contribution in [0.5, 0.6) is 5.75 Å². The van der Waals surface area contributed by atoms with Gasteiger partial charge in [-0.25, -0.2) is 0 Å². The molecule has 0 unspecified atom stereocenters. The molecule has 0 aliphatic heterocycles. The van der Waals surface area contributed by atoms with Crippen molar-refractivity contribution in [2.75, 3.05) is 20.2 Å². The summed E-state index contributed by atoms with van der Waals surface area (Å²) < 4.78 is 7.63. The number of guanidine groups is 1. The van der Waals surface area contributed by atoms with Gasteiger partial charge in [-0.15, -0.1) is 24.0 Å². The number of halogens is 1. The Kier molecular flexibility index (Phi) is 10.8. The standard InChI is InChI=1S/C19H29N5O.HI/c1-16(2)15-25-18-8-6-17(7-9-18)14-22-19(20-3)21-10-4-12-24-13-5-11-23-24;/h5-9,11,13,16H,4,10,12,14-15H2,1-3H3,(H2,20,21,22);1H. The smallest absolute Gasteiger partial charge is 0.191 e. The number of nitrogens with zero attached hydrogens (tertiary/aromatic N) is 3. The van der Waals surface area contributed by atoms with E-state index in [2.05, 4.69) is 46.7 Å². The average Bonchev–Trinajstić information content (AvgIpc) is 3.13. The van der Waals surface area contributed by atoms with E-state index in [0.29, 0.717) is 5.92 Å². The lowest BCUT2D eigenvalue weighted by Crippen LogP contribution is -2.37. The summed E-state index contributed by atoms with van der Waals surface area (Å²) in [7, 11) is 1.78. The third-order valence-corrected chi connectivity index (χ3v) is 3.61. The van der Waals surface area contributed by atoms with E-state index in [0.717, 1.165) is 44.4 Å². The first-order valence-electron chi connectivity index (χ1n) is 8.81. The van der Waals surface area contributed by atoms with E-state index in [1.165, 1.54) is 5.56 Å². The van der Waals surface area contributed by atoms with E-state index in [1.807, 2.05) is 29.1 Å². The molecule has 1 heterocycles. The number of aromatic nitrogens is 2. The quantitative estimate of drug-likeness (QED) is 0.255. The van der Waals surface area contributed by atoms with Gasteiger partial charge in [-0.2, -0.15) is 5.10 Å². The van der Waals surface area contributed by atoms with Crippen molar-refractivity contribution in [3.05, 3.63) is 48.3 Å². The molecule has 0 fully saturated rings. The Balaban J connectivity index is 0.00000338. The lowest BCUT2D eigenvalue weighted by molar-refractivity contribution is 0.271. The zero-order valence-electron chi connectivity index (χ0n) is 15.8. The predicted octanol–water partition coefficient (Wildman–Crippen LogP) is 3.29. The van der Waals surface area contributed by atoms with Crippen molar-refractivity contribution in [2.24, 2.45) is 10.9 Å². The van der Waals surface area contributed by atoms with Gasteiger partial charge in [-0.1, -0.05) is 26.0 Å². The van der Waals surface area contributed by atoms with Gasteiger partial charge in [0.25, 0.3) is 0 Å². The van der Waals surface area contributed by atoms with Crippen LogP contribution in [0.25, 0.3) is 0 Å². The Morgan fingerprint density at radius 3 is 2.62 bits per heavy atom. The van der Waals surface area contributed by atoms with Crippen LogP contribution in [0.15, 0.2) is 47.7 Å². The first-order valence-corrected chi connectivity index (χ1v) is 8.81. The molecule has 0 spiro atoms. The lowest BCUT2D eigenvalue weighted by Gasteiger charge is -2.13. The Labute approximate surface area is 173 Å². The number of rotatable bonds is 9. The maximum absolute atomic E-state index is 5.70. The summed E-state index contributed by atoms with van der Waals surface area (Å²) in [5, 5.41) is 10.8. The second kappa shape index (κ2) is 12.6. The molecule has 0 aliphatic carbocycles. The van der Waals surface area contributed by atoms with Gasteiger partial charge in [0, 0.05) is 39.1 Å². The second-order valence-corrected chi connectivity index (χ2v) is 6.32. The molecular weight excluding hydrogens is 441 g/mol. The van der Waals surface area contributed by atoms with Crippen LogP contribution in [-0.4, -0.2) is 35.9 Å². The molecule has 26 heavy (non-hydrogen) atoms. The average molecular weight is 471 g/mol. The number of hydrogen-bond donors (Lipinski definition) is 2. The largest absolute Gasteiger partial charge is 0.493 e. The Morgan fingerprint density at radius 2 is 2.00 bits per heavy atom. The summed E-state index contributed by atoms with van der Waals surface area (Å²) in [5.74, 6) is 2.25. The summed E-state index contributed by atoms with van der Waals surface area (Å²) in [4.78, 5) is 4.25. The molecule has 0 amide bonds. The van der Waals surface area contributed by atoms with Gasteiger partial charge >= 0.3 is 0 Å². The summed E-state index contributed by atoms with van der Waals surface area (Å²) >= 11 is 0. The molecule has 0 radical (unpaired) electrons. The van der Waals surface area contributed by atoms with Crippen LogP contribution in [0.3, 0.4) is 0 Å². The van der Waals surface area contributed by atoms with E-state index in [4.69, 9.17) is 4.74 Å². The SMILES string of the molecule is CN=C(NCCCn1cccn1)NCc1ccc(OCC(C)C)cc1.I. The van der Waals surface area contributed by atoms with Crippen LogP contribution < -0.4 is 15.4 Å². The maximum Gasteiger partial charge on any atom is 0.191 e. The van der Waals surface area contributed by atoms with E-state index < -0.39 is 0 Å². The second-order valence-electron chi connectivity index (χ2n) is 6.32. The van der Waals surface area contributed by atoms with Gasteiger partial charge < -0.3 is 15.4 Å². The van der Waals surface area contributed by atoms with Gasteiger partial charge in [-0.3, -0.25) is 9.67 Å². The van der Waals surface area contributed by atoms with Crippen molar-refractivity contribution in [3.8, 4) is 5.75 Å². The zero-order chi connectivity index (χ0) is 17.9. The number of benzene rings is 1. The Morgan fingerprint density at radius 1 is 1.23 bits per heavy atom. The number of ether oxygens (including phenoxy) is 1. The van der Waals surface area contributed by atoms with Gasteiger partial charge in [0.1, 0.15) is 5.75 Å². The van der Waals surface area contributed by atoms with Crippen LogP contribution >= 0.6 is 24.0 Å². The third kappa shape index (κ3) is 8.55. The molecule has 0 atom stereocenters. The number of aliphatic imine (C=N–C) groups is 1. The Hall–Kier alpha value is -1.77. The van der Waals surface area contributed by atoms with Gasteiger partial charge in [0.15, 0.2) is 5.96 Å². The van der Waals surface area contributed by atoms with E-state index >= 15 is 0 Å². The molecule has 2 rings (SSSR count). The molecule has 0 saturated carbocycles. The monoisotopic (exact) mass is 471 g/mol. The van der Waals surface area contributed by atoms with Crippen LogP contribution in [0.4, 0.5) is 0 Å². The van der Waals surface area contributed by atoms with Crippen molar-refractivity contribution in [3.63, 3.8) is 0 Å². The van der Waals surface area contributed by atoms with Crippen molar-refractivity contribution >= 4 is 29.9 Å². The third-order valence-electron chi connectivity index (χ3n) is 3.61. The first-order chi connectivity index (χ1) is 12.2. The van der Waals surface area contributed by atoms with Gasteiger partial charge in [0.05, 0.1) is 6.61 Å². The number of hydrogen-bond acceptors (Lipinski definition) is 3. The molecule has 2 N–H and O–H groups in total. The maximum atomic E-state index is 5.70. The van der Waals surface area contributed by atoms with Gasteiger partial charge in [0.2, 0.25) is 0 Å². The predicted molar refractivity (Wildman–Crippen MR) is 117 cm³/mol. The minimum Gasteiger partial charge on any atom is -0.493 e. The summed E-state index contributed by atoms with van der Waals surface area (Å²) in [6.07, 6.45) is 4.76. The number of nitrogens with one attached hydrogen (secondary N) is 2. The lowest BCUT2D eigenvalue weighted by atomic mass is 10.2. The molecule has 1 aromatic heterocycles. The molecule has 7 heteroatoms. The highest BCUT2D eigenvalue weighted by Crippen LogP contribution is 2.13. The first kappa shape index (κ1) is 22.3. The molecular formula is C19H30IN5O.